The molecule has 1 aliphatic heterocycles. The number of hydrogen-bond donors (Lipinski definition) is 2. The minimum absolute atomic E-state index is 0.0629. The summed E-state index contributed by atoms with van der Waals surface area (Å²) in [7, 11) is 0. The Balaban J connectivity index is 2.37. The predicted molar refractivity (Wildman–Crippen MR) is 90.7 cm³/mol. The molecule has 1 rings (SSSR count). The van der Waals surface area contributed by atoms with Gasteiger partial charge in [-0.2, -0.15) is 11.8 Å². The zero-order chi connectivity index (χ0) is 16.0. The van der Waals surface area contributed by atoms with Crippen molar-refractivity contribution < 1.29 is 9.90 Å². The molecule has 124 valence electrons. The van der Waals surface area contributed by atoms with Crippen LogP contribution in [0, 0.1) is 5.41 Å². The van der Waals surface area contributed by atoms with Gasteiger partial charge in [0.2, 0.25) is 5.91 Å². The summed E-state index contributed by atoms with van der Waals surface area (Å²) in [6.07, 6.45) is 4.67. The first kappa shape index (κ1) is 18.8. The molecule has 5 heteroatoms. The summed E-state index contributed by atoms with van der Waals surface area (Å²) >= 11 is 1.70. The molecule has 1 fully saturated rings. The quantitative estimate of drug-likeness (QED) is 0.788. The second kappa shape index (κ2) is 8.39. The highest BCUT2D eigenvalue weighted by atomic mass is 32.2. The van der Waals surface area contributed by atoms with Crippen molar-refractivity contribution >= 4 is 17.7 Å². The van der Waals surface area contributed by atoms with Crippen LogP contribution in [0.5, 0.6) is 0 Å². The summed E-state index contributed by atoms with van der Waals surface area (Å²) in [5, 5.41) is 13.2. The number of carbonyl (C=O) groups is 1. The molecule has 0 spiro atoms. The Kier molecular flexibility index (Phi) is 7.51. The van der Waals surface area contributed by atoms with Crippen LogP contribution >= 0.6 is 11.8 Å². The molecule has 21 heavy (non-hydrogen) atoms. The van der Waals surface area contributed by atoms with Crippen molar-refractivity contribution in [2.45, 2.75) is 64.3 Å². The van der Waals surface area contributed by atoms with Crippen molar-refractivity contribution in [2.24, 2.45) is 5.41 Å². The summed E-state index contributed by atoms with van der Waals surface area (Å²) in [4.78, 5) is 14.2. The fraction of sp³-hybridized carbons (Fsp3) is 0.938. The van der Waals surface area contributed by atoms with Gasteiger partial charge in [0.05, 0.1) is 6.61 Å². The molecule has 2 N–H and O–H groups in total. The Morgan fingerprint density at radius 3 is 2.38 bits per heavy atom. The van der Waals surface area contributed by atoms with Crippen LogP contribution in [-0.4, -0.2) is 59.2 Å². The molecule has 0 saturated carbocycles. The number of nitrogens with one attached hydrogen (secondary N) is 1. The SMILES string of the molecule is CSC(CO)C(C)NC1CCN(C(=O)CC(C)(C)C)CC1. The van der Waals surface area contributed by atoms with E-state index in [1.165, 1.54) is 0 Å². The van der Waals surface area contributed by atoms with E-state index in [9.17, 15) is 9.90 Å². The van der Waals surface area contributed by atoms with Crippen LogP contribution in [-0.2, 0) is 4.79 Å². The first-order chi connectivity index (χ1) is 9.76. The van der Waals surface area contributed by atoms with Gasteiger partial charge in [0, 0.05) is 36.8 Å². The molecular weight excluding hydrogens is 284 g/mol. The van der Waals surface area contributed by atoms with Gasteiger partial charge in [0.15, 0.2) is 0 Å². The van der Waals surface area contributed by atoms with Crippen molar-refractivity contribution in [3.8, 4) is 0 Å². The van der Waals surface area contributed by atoms with E-state index in [1.54, 1.807) is 11.8 Å². The number of likely N-dealkylation sites (tertiary alicyclic amines) is 1. The van der Waals surface area contributed by atoms with Crippen molar-refractivity contribution in [2.75, 3.05) is 26.0 Å². The Morgan fingerprint density at radius 2 is 1.95 bits per heavy atom. The third kappa shape index (κ3) is 6.57. The minimum Gasteiger partial charge on any atom is -0.395 e. The van der Waals surface area contributed by atoms with E-state index in [4.69, 9.17) is 0 Å². The van der Waals surface area contributed by atoms with Gasteiger partial charge in [-0.3, -0.25) is 4.79 Å². The van der Waals surface area contributed by atoms with Gasteiger partial charge in [0.1, 0.15) is 0 Å². The van der Waals surface area contributed by atoms with E-state index < -0.39 is 0 Å². The predicted octanol–water partition coefficient (Wildman–Crippen LogP) is 2.12. The summed E-state index contributed by atoms with van der Waals surface area (Å²) in [5.74, 6) is 0.284. The summed E-state index contributed by atoms with van der Waals surface area (Å²) < 4.78 is 0. The maximum absolute atomic E-state index is 12.2. The number of aliphatic hydroxyl groups is 1. The zero-order valence-electron chi connectivity index (χ0n) is 14.2. The van der Waals surface area contributed by atoms with Crippen molar-refractivity contribution in [3.63, 3.8) is 0 Å². The van der Waals surface area contributed by atoms with Gasteiger partial charge < -0.3 is 15.3 Å². The van der Waals surface area contributed by atoms with Crippen LogP contribution in [0.2, 0.25) is 0 Å². The number of hydrogen-bond acceptors (Lipinski definition) is 4. The fourth-order valence-electron chi connectivity index (χ4n) is 2.78. The lowest BCUT2D eigenvalue weighted by atomic mass is 9.91. The molecular formula is C16H32N2O2S. The van der Waals surface area contributed by atoms with Crippen LogP contribution < -0.4 is 5.32 Å². The maximum atomic E-state index is 12.2. The molecule has 1 saturated heterocycles. The molecule has 0 aromatic carbocycles. The Labute approximate surface area is 134 Å². The van der Waals surface area contributed by atoms with Crippen LogP contribution in [0.15, 0.2) is 0 Å². The molecule has 2 atom stereocenters. The molecule has 0 aromatic rings. The van der Waals surface area contributed by atoms with E-state index in [-0.39, 0.29) is 23.2 Å². The van der Waals surface area contributed by atoms with Crippen LogP contribution in [0.4, 0.5) is 0 Å². The number of thioether (sulfide) groups is 1. The number of rotatable bonds is 6. The van der Waals surface area contributed by atoms with E-state index in [1.807, 2.05) is 11.2 Å². The lowest BCUT2D eigenvalue weighted by Crippen LogP contribution is -2.50. The first-order valence-corrected chi connectivity index (χ1v) is 9.23. The van der Waals surface area contributed by atoms with Crippen molar-refractivity contribution in [3.05, 3.63) is 0 Å². The average Bonchev–Trinajstić information content (AvgIpc) is 2.39. The second-order valence-corrected chi connectivity index (χ2v) is 8.38. The third-order valence-corrected chi connectivity index (χ3v) is 5.23. The average molecular weight is 317 g/mol. The molecule has 1 amide bonds. The molecule has 0 aromatic heterocycles. The van der Waals surface area contributed by atoms with E-state index >= 15 is 0 Å². The summed E-state index contributed by atoms with van der Waals surface area (Å²) in [6.45, 7) is 10.4. The van der Waals surface area contributed by atoms with E-state index in [0.29, 0.717) is 18.5 Å². The standard InChI is InChI=1S/C16H32N2O2S/c1-12(14(11-19)21-5)17-13-6-8-18(9-7-13)15(20)10-16(2,3)4/h12-14,17,19H,6-11H2,1-5H3. The van der Waals surface area contributed by atoms with Crippen LogP contribution in [0.1, 0.15) is 47.0 Å². The molecule has 1 heterocycles. The van der Waals surface area contributed by atoms with Gasteiger partial charge in [-0.1, -0.05) is 20.8 Å². The van der Waals surface area contributed by atoms with Crippen LogP contribution in [0.25, 0.3) is 0 Å². The molecule has 1 aliphatic rings. The topological polar surface area (TPSA) is 52.6 Å². The molecule has 0 bridgehead atoms. The third-order valence-electron chi connectivity index (χ3n) is 4.07. The molecule has 0 radical (unpaired) electrons. The largest absolute Gasteiger partial charge is 0.395 e. The van der Waals surface area contributed by atoms with Gasteiger partial charge in [-0.05, 0) is 31.4 Å². The monoisotopic (exact) mass is 316 g/mol. The van der Waals surface area contributed by atoms with Crippen LogP contribution in [0.3, 0.4) is 0 Å². The summed E-state index contributed by atoms with van der Waals surface area (Å²) in [5.41, 5.74) is 0.0629. The highest BCUT2D eigenvalue weighted by Crippen LogP contribution is 2.22. The normalized spacial score (nSPS) is 20.4. The number of aliphatic hydroxyl groups excluding tert-OH is 1. The molecule has 0 aliphatic carbocycles. The minimum atomic E-state index is 0.0629. The van der Waals surface area contributed by atoms with Crippen molar-refractivity contribution in [1.29, 1.82) is 0 Å². The zero-order valence-corrected chi connectivity index (χ0v) is 15.0. The molecule has 2 unspecified atom stereocenters. The Hall–Kier alpha value is -0.260. The number of amides is 1. The Bertz CT molecular complexity index is 319. The number of piperidine rings is 1. The number of nitrogens with zero attached hydrogens (tertiary/aromatic N) is 1. The van der Waals surface area contributed by atoms with Gasteiger partial charge in [0.25, 0.3) is 0 Å². The number of carbonyl (C=O) groups excluding carboxylic acids is 1. The second-order valence-electron chi connectivity index (χ2n) is 7.30. The maximum Gasteiger partial charge on any atom is 0.223 e. The van der Waals surface area contributed by atoms with Gasteiger partial charge in [-0.15, -0.1) is 0 Å². The van der Waals surface area contributed by atoms with E-state index in [0.717, 1.165) is 25.9 Å². The highest BCUT2D eigenvalue weighted by molar-refractivity contribution is 7.99. The Morgan fingerprint density at radius 1 is 1.38 bits per heavy atom. The lowest BCUT2D eigenvalue weighted by Gasteiger charge is -2.36. The van der Waals surface area contributed by atoms with Gasteiger partial charge in [-0.25, -0.2) is 0 Å². The lowest BCUT2D eigenvalue weighted by molar-refractivity contribution is -0.134. The highest BCUT2D eigenvalue weighted by Gasteiger charge is 2.27. The van der Waals surface area contributed by atoms with E-state index in [2.05, 4.69) is 33.0 Å². The fourth-order valence-corrected chi connectivity index (χ4v) is 3.41. The van der Waals surface area contributed by atoms with Crippen molar-refractivity contribution in [1.82, 2.24) is 10.2 Å². The summed E-state index contributed by atoms with van der Waals surface area (Å²) in [6, 6.07) is 0.756. The first-order valence-electron chi connectivity index (χ1n) is 7.94. The van der Waals surface area contributed by atoms with Gasteiger partial charge >= 0.3 is 0 Å². The smallest absolute Gasteiger partial charge is 0.223 e. The molecule has 4 nitrogen and oxygen atoms in total.